The Kier molecular flexibility index (Phi) is 4.86. The van der Waals surface area contributed by atoms with Crippen LogP contribution in [0.15, 0.2) is 41.4 Å². The van der Waals surface area contributed by atoms with Gasteiger partial charge in [-0.05, 0) is 30.3 Å². The van der Waals surface area contributed by atoms with Crippen LogP contribution in [0, 0.1) is 0 Å². The zero-order chi connectivity index (χ0) is 8.27. The predicted octanol–water partition coefficient (Wildman–Crippen LogP) is 3.24. The molecule has 0 atom stereocenters. The fourth-order valence-electron chi connectivity index (χ4n) is 0.732. The lowest BCUT2D eigenvalue weighted by Crippen LogP contribution is -1.91. The summed E-state index contributed by atoms with van der Waals surface area (Å²) in [7, 11) is 0. The van der Waals surface area contributed by atoms with Gasteiger partial charge in [-0.3, -0.25) is 4.79 Å². The molecule has 0 unspecified atom stereocenters. The van der Waals surface area contributed by atoms with Crippen LogP contribution in [0.4, 0.5) is 0 Å². The predicted molar refractivity (Wildman–Crippen MR) is 55.9 cm³/mol. The van der Waals surface area contributed by atoms with Crippen molar-refractivity contribution in [3.8, 4) is 0 Å². The van der Waals surface area contributed by atoms with Gasteiger partial charge < -0.3 is 0 Å². The number of rotatable bonds is 2. The molecule has 0 aromatic heterocycles. The summed E-state index contributed by atoms with van der Waals surface area (Å²) in [4.78, 5) is 11.0. The Balaban J connectivity index is 0.00000121. The number of carbonyl (C=O) groups excluding carboxylic acids is 1. The molecule has 12 heavy (non-hydrogen) atoms. The molecule has 1 aromatic rings. The first kappa shape index (κ1) is 11.4. The van der Waals surface area contributed by atoms with Crippen LogP contribution in [0.1, 0.15) is 10.4 Å². The highest BCUT2D eigenvalue weighted by molar-refractivity contribution is 9.10. The summed E-state index contributed by atoms with van der Waals surface area (Å²) in [6, 6.07) is 7.18. The number of halogens is 2. The average Bonchev–Trinajstić information content (AvgIpc) is 2.05. The molecule has 0 amide bonds. The highest BCUT2D eigenvalue weighted by Gasteiger charge is 1.98. The maximum atomic E-state index is 11.0. The lowest BCUT2D eigenvalue weighted by Gasteiger charge is -1.93. The quantitative estimate of drug-likeness (QED) is 0.579. The molecule has 0 saturated carbocycles. The Morgan fingerprint density at radius 2 is 1.83 bits per heavy atom. The van der Waals surface area contributed by atoms with E-state index >= 15 is 0 Å². The van der Waals surface area contributed by atoms with E-state index < -0.39 is 0 Å². The maximum Gasteiger partial charge on any atom is 0.185 e. The summed E-state index contributed by atoms with van der Waals surface area (Å²) in [6.45, 7) is 3.40. The monoisotopic (exact) mass is 246 g/mol. The average molecular weight is 248 g/mol. The molecule has 0 heterocycles. The lowest BCUT2D eigenvalue weighted by atomic mass is 10.1. The van der Waals surface area contributed by atoms with Crippen molar-refractivity contribution < 1.29 is 4.79 Å². The van der Waals surface area contributed by atoms with Crippen LogP contribution in [0.25, 0.3) is 0 Å². The van der Waals surface area contributed by atoms with Crippen molar-refractivity contribution in [2.75, 3.05) is 0 Å². The molecule has 0 radical (unpaired) electrons. The Hall–Kier alpha value is -0.600. The van der Waals surface area contributed by atoms with Crippen LogP contribution >= 0.6 is 28.3 Å². The van der Waals surface area contributed by atoms with E-state index in [1.807, 2.05) is 12.1 Å². The molecule has 0 fully saturated rings. The molecule has 0 aliphatic rings. The van der Waals surface area contributed by atoms with Gasteiger partial charge in [-0.15, -0.1) is 12.4 Å². The van der Waals surface area contributed by atoms with Crippen molar-refractivity contribution in [2.45, 2.75) is 0 Å². The smallest absolute Gasteiger partial charge is 0.185 e. The molecule has 0 spiro atoms. The molecular formula is C9H8BrClO. The number of ketones is 1. The van der Waals surface area contributed by atoms with Crippen molar-refractivity contribution >= 4 is 34.1 Å². The molecule has 64 valence electrons. The van der Waals surface area contributed by atoms with E-state index in [9.17, 15) is 4.79 Å². The van der Waals surface area contributed by atoms with Crippen molar-refractivity contribution in [3.63, 3.8) is 0 Å². The molecule has 0 saturated heterocycles. The van der Waals surface area contributed by atoms with Gasteiger partial charge in [-0.2, -0.15) is 0 Å². The molecule has 1 nitrogen and oxygen atoms in total. The minimum atomic E-state index is -0.0440. The second kappa shape index (κ2) is 5.12. The van der Waals surface area contributed by atoms with Gasteiger partial charge in [0.05, 0.1) is 0 Å². The minimum absolute atomic E-state index is 0. The number of hydrogen-bond acceptors (Lipinski definition) is 1. The van der Waals surface area contributed by atoms with Gasteiger partial charge in [-0.1, -0.05) is 22.5 Å². The van der Waals surface area contributed by atoms with Gasteiger partial charge in [0.2, 0.25) is 0 Å². The topological polar surface area (TPSA) is 17.1 Å². The van der Waals surface area contributed by atoms with E-state index in [1.165, 1.54) is 6.08 Å². The van der Waals surface area contributed by atoms with Crippen LogP contribution < -0.4 is 0 Å². The van der Waals surface area contributed by atoms with Crippen molar-refractivity contribution in [1.82, 2.24) is 0 Å². The fraction of sp³-hybridized carbons (Fsp3) is 0. The van der Waals surface area contributed by atoms with Crippen LogP contribution in [0.5, 0.6) is 0 Å². The molecule has 1 rings (SSSR count). The van der Waals surface area contributed by atoms with Crippen molar-refractivity contribution in [3.05, 3.63) is 47.0 Å². The summed E-state index contributed by atoms with van der Waals surface area (Å²) in [6.07, 6.45) is 1.31. The Morgan fingerprint density at radius 3 is 2.25 bits per heavy atom. The van der Waals surface area contributed by atoms with Gasteiger partial charge in [0, 0.05) is 10.0 Å². The second-order valence-electron chi connectivity index (χ2n) is 2.08. The summed E-state index contributed by atoms with van der Waals surface area (Å²) < 4.78 is 0.970. The zero-order valence-electron chi connectivity index (χ0n) is 6.29. The van der Waals surface area contributed by atoms with Crippen LogP contribution in [-0.4, -0.2) is 5.78 Å². The number of benzene rings is 1. The third kappa shape index (κ3) is 2.80. The Bertz CT molecular complexity index is 279. The number of hydrogen-bond donors (Lipinski definition) is 0. The molecular weight excluding hydrogens is 239 g/mol. The SMILES string of the molecule is C=CC(=O)c1ccc(Br)cc1.Cl. The van der Waals surface area contributed by atoms with Crippen LogP contribution in [0.2, 0.25) is 0 Å². The summed E-state index contributed by atoms with van der Waals surface area (Å²) in [5.74, 6) is -0.0440. The normalized spacial score (nSPS) is 8.42. The second-order valence-corrected chi connectivity index (χ2v) is 2.99. The van der Waals surface area contributed by atoms with Gasteiger partial charge >= 0.3 is 0 Å². The van der Waals surface area contributed by atoms with Crippen molar-refractivity contribution in [2.24, 2.45) is 0 Å². The summed E-state index contributed by atoms with van der Waals surface area (Å²) in [5.41, 5.74) is 0.670. The largest absolute Gasteiger partial charge is 0.289 e. The number of allylic oxidation sites excluding steroid dienone is 1. The molecule has 0 aliphatic heterocycles. The lowest BCUT2D eigenvalue weighted by molar-refractivity contribution is 0.104. The molecule has 3 heteroatoms. The molecule has 1 aromatic carbocycles. The van der Waals surface area contributed by atoms with E-state index in [-0.39, 0.29) is 18.2 Å². The van der Waals surface area contributed by atoms with E-state index in [4.69, 9.17) is 0 Å². The summed E-state index contributed by atoms with van der Waals surface area (Å²) in [5, 5.41) is 0. The van der Waals surface area contributed by atoms with Crippen molar-refractivity contribution in [1.29, 1.82) is 0 Å². The van der Waals surface area contributed by atoms with E-state index in [0.717, 1.165) is 4.47 Å². The van der Waals surface area contributed by atoms with Gasteiger partial charge in [0.1, 0.15) is 0 Å². The Morgan fingerprint density at radius 1 is 1.33 bits per heavy atom. The standard InChI is InChI=1S/C9H7BrO.ClH/c1-2-9(11)7-3-5-8(10)6-4-7;/h2-6H,1H2;1H. The third-order valence-electron chi connectivity index (χ3n) is 1.31. The first-order chi connectivity index (χ1) is 5.24. The maximum absolute atomic E-state index is 11.0. The first-order valence-corrected chi connectivity index (χ1v) is 3.95. The minimum Gasteiger partial charge on any atom is -0.289 e. The Labute approximate surface area is 86.0 Å². The van der Waals surface area contributed by atoms with Gasteiger partial charge in [-0.25, -0.2) is 0 Å². The fourth-order valence-corrected chi connectivity index (χ4v) is 0.996. The van der Waals surface area contributed by atoms with Crippen LogP contribution in [0.3, 0.4) is 0 Å². The van der Waals surface area contributed by atoms with E-state index in [0.29, 0.717) is 5.56 Å². The first-order valence-electron chi connectivity index (χ1n) is 3.16. The molecule has 0 bridgehead atoms. The third-order valence-corrected chi connectivity index (χ3v) is 1.84. The highest BCUT2D eigenvalue weighted by atomic mass is 79.9. The molecule has 0 aliphatic carbocycles. The highest BCUT2D eigenvalue weighted by Crippen LogP contribution is 2.10. The van der Waals surface area contributed by atoms with Gasteiger partial charge in [0.25, 0.3) is 0 Å². The van der Waals surface area contributed by atoms with Gasteiger partial charge in [0.15, 0.2) is 5.78 Å². The summed E-state index contributed by atoms with van der Waals surface area (Å²) >= 11 is 3.28. The molecule has 0 N–H and O–H groups in total. The van der Waals surface area contributed by atoms with Crippen LogP contribution in [-0.2, 0) is 0 Å². The number of carbonyl (C=O) groups is 1. The van der Waals surface area contributed by atoms with E-state index in [2.05, 4.69) is 22.5 Å². The zero-order valence-corrected chi connectivity index (χ0v) is 8.69. The van der Waals surface area contributed by atoms with E-state index in [1.54, 1.807) is 12.1 Å².